The minimum absolute atomic E-state index is 0.0333. The lowest BCUT2D eigenvalue weighted by molar-refractivity contribution is -0.384. The Bertz CT molecular complexity index is 798. The quantitative estimate of drug-likeness (QED) is 0.586. The summed E-state index contributed by atoms with van der Waals surface area (Å²) in [7, 11) is 1.57. The van der Waals surface area contributed by atoms with Gasteiger partial charge in [0.15, 0.2) is 6.61 Å². The van der Waals surface area contributed by atoms with Gasteiger partial charge in [0.2, 0.25) is 0 Å². The Balaban J connectivity index is 1.85. The van der Waals surface area contributed by atoms with E-state index in [4.69, 9.17) is 9.47 Å². The summed E-state index contributed by atoms with van der Waals surface area (Å²) in [6.07, 6.45) is 2.03. The predicted molar refractivity (Wildman–Crippen MR) is 96.4 cm³/mol. The minimum atomic E-state index is -0.452. The molecule has 7 heteroatoms. The van der Waals surface area contributed by atoms with E-state index in [2.05, 4.69) is 0 Å². The first-order chi connectivity index (χ1) is 12.6. The summed E-state index contributed by atoms with van der Waals surface area (Å²) in [5.74, 6) is 1.06. The molecule has 7 nitrogen and oxygen atoms in total. The second kappa shape index (κ2) is 7.86. The molecular formula is C19H20N2O5. The number of carbonyl (C=O) groups excluding carboxylic acids is 1. The van der Waals surface area contributed by atoms with E-state index < -0.39 is 4.92 Å². The predicted octanol–water partition coefficient (Wildman–Crippen LogP) is 3.27. The van der Waals surface area contributed by atoms with Crippen molar-refractivity contribution < 1.29 is 19.2 Å². The lowest BCUT2D eigenvalue weighted by Gasteiger charge is -2.17. The smallest absolute Gasteiger partial charge is 0.270 e. The summed E-state index contributed by atoms with van der Waals surface area (Å²) in [6.45, 7) is 1.43. The van der Waals surface area contributed by atoms with Crippen molar-refractivity contribution in [3.63, 3.8) is 0 Å². The minimum Gasteiger partial charge on any atom is -0.497 e. The van der Waals surface area contributed by atoms with Crippen molar-refractivity contribution in [1.82, 2.24) is 4.90 Å². The largest absolute Gasteiger partial charge is 0.497 e. The number of non-ortho nitro benzene ring substituents is 1. The summed E-state index contributed by atoms with van der Waals surface area (Å²) in [6, 6.07) is 11.5. The zero-order chi connectivity index (χ0) is 18.5. The molecule has 0 radical (unpaired) electrons. The van der Waals surface area contributed by atoms with Crippen molar-refractivity contribution in [2.75, 3.05) is 26.8 Å². The first kappa shape index (κ1) is 17.7. The third-order valence-electron chi connectivity index (χ3n) is 4.38. The number of nitro benzene ring substituents is 1. The number of rotatable bonds is 6. The van der Waals surface area contributed by atoms with Gasteiger partial charge in [0.05, 0.1) is 12.0 Å². The monoisotopic (exact) mass is 356 g/mol. The van der Waals surface area contributed by atoms with Crippen LogP contribution < -0.4 is 9.47 Å². The van der Waals surface area contributed by atoms with Gasteiger partial charge >= 0.3 is 0 Å². The normalized spacial score (nSPS) is 13.5. The molecule has 3 rings (SSSR count). The fourth-order valence-electron chi connectivity index (χ4n) is 2.95. The number of hydrogen-bond acceptors (Lipinski definition) is 5. The van der Waals surface area contributed by atoms with Gasteiger partial charge in [-0.3, -0.25) is 14.9 Å². The van der Waals surface area contributed by atoms with Crippen LogP contribution in [0.2, 0.25) is 0 Å². The maximum Gasteiger partial charge on any atom is 0.270 e. The van der Waals surface area contributed by atoms with Crippen LogP contribution in [0.15, 0.2) is 42.5 Å². The Morgan fingerprint density at radius 3 is 2.46 bits per heavy atom. The molecule has 1 saturated heterocycles. The standard InChI is InChI=1S/C19H20N2O5/c1-25-16-7-4-14(5-8-16)17-12-15(21(23)24)6-9-18(17)26-13-19(22)20-10-2-3-11-20/h4-9,12H,2-3,10-11,13H2,1H3. The molecule has 0 unspecified atom stereocenters. The Kier molecular flexibility index (Phi) is 5.36. The van der Waals surface area contributed by atoms with Gasteiger partial charge in [-0.25, -0.2) is 0 Å². The topological polar surface area (TPSA) is 81.9 Å². The molecule has 0 atom stereocenters. The molecule has 0 spiro atoms. The van der Waals surface area contributed by atoms with E-state index in [0.29, 0.717) is 17.1 Å². The van der Waals surface area contributed by atoms with Gasteiger partial charge in [0, 0.05) is 30.8 Å². The van der Waals surface area contributed by atoms with E-state index in [-0.39, 0.29) is 18.2 Å². The second-order valence-electron chi connectivity index (χ2n) is 6.04. The third-order valence-corrected chi connectivity index (χ3v) is 4.38. The number of carbonyl (C=O) groups is 1. The number of likely N-dealkylation sites (tertiary alicyclic amines) is 1. The van der Waals surface area contributed by atoms with Crippen molar-refractivity contribution >= 4 is 11.6 Å². The fraction of sp³-hybridized carbons (Fsp3) is 0.316. The van der Waals surface area contributed by atoms with Gasteiger partial charge in [-0.05, 0) is 36.6 Å². The highest BCUT2D eigenvalue weighted by Crippen LogP contribution is 2.34. The molecule has 0 saturated carbocycles. The molecule has 136 valence electrons. The van der Waals surface area contributed by atoms with Crippen LogP contribution in [0.4, 0.5) is 5.69 Å². The van der Waals surface area contributed by atoms with Gasteiger partial charge in [0.1, 0.15) is 11.5 Å². The maximum absolute atomic E-state index is 12.2. The molecule has 0 N–H and O–H groups in total. The van der Waals surface area contributed by atoms with Crippen molar-refractivity contribution in [2.24, 2.45) is 0 Å². The van der Waals surface area contributed by atoms with Gasteiger partial charge in [-0.2, -0.15) is 0 Å². The van der Waals surface area contributed by atoms with Crippen LogP contribution in [-0.2, 0) is 4.79 Å². The molecular weight excluding hydrogens is 336 g/mol. The lowest BCUT2D eigenvalue weighted by atomic mass is 10.0. The molecule has 2 aromatic carbocycles. The zero-order valence-electron chi connectivity index (χ0n) is 14.5. The summed E-state index contributed by atoms with van der Waals surface area (Å²) in [4.78, 5) is 24.6. The highest BCUT2D eigenvalue weighted by atomic mass is 16.6. The van der Waals surface area contributed by atoms with E-state index in [1.165, 1.54) is 18.2 Å². The van der Waals surface area contributed by atoms with Crippen LogP contribution in [0.1, 0.15) is 12.8 Å². The van der Waals surface area contributed by atoms with Crippen molar-refractivity contribution in [1.29, 1.82) is 0 Å². The van der Waals surface area contributed by atoms with Crippen molar-refractivity contribution in [3.8, 4) is 22.6 Å². The van der Waals surface area contributed by atoms with Gasteiger partial charge in [-0.15, -0.1) is 0 Å². The summed E-state index contributed by atoms with van der Waals surface area (Å²) >= 11 is 0. The highest BCUT2D eigenvalue weighted by molar-refractivity contribution is 5.79. The van der Waals surface area contributed by atoms with Crippen molar-refractivity contribution in [3.05, 3.63) is 52.6 Å². The maximum atomic E-state index is 12.2. The van der Waals surface area contributed by atoms with E-state index >= 15 is 0 Å². The molecule has 1 fully saturated rings. The Morgan fingerprint density at radius 1 is 1.15 bits per heavy atom. The fourth-order valence-corrected chi connectivity index (χ4v) is 2.95. The highest BCUT2D eigenvalue weighted by Gasteiger charge is 2.20. The Hall–Kier alpha value is -3.09. The molecule has 0 bridgehead atoms. The average molecular weight is 356 g/mol. The number of methoxy groups -OCH3 is 1. The summed E-state index contributed by atoms with van der Waals surface area (Å²) in [5, 5.41) is 11.1. The van der Waals surface area contributed by atoms with Crippen LogP contribution >= 0.6 is 0 Å². The van der Waals surface area contributed by atoms with Crippen LogP contribution in [0, 0.1) is 10.1 Å². The van der Waals surface area contributed by atoms with Crippen LogP contribution in [0.25, 0.3) is 11.1 Å². The van der Waals surface area contributed by atoms with E-state index in [0.717, 1.165) is 31.5 Å². The van der Waals surface area contributed by atoms with E-state index in [1.807, 2.05) is 0 Å². The van der Waals surface area contributed by atoms with E-state index in [1.54, 1.807) is 36.3 Å². The summed E-state index contributed by atoms with van der Waals surface area (Å²) in [5.41, 5.74) is 1.28. The lowest BCUT2D eigenvalue weighted by Crippen LogP contribution is -2.32. The number of ether oxygens (including phenoxy) is 2. The number of amides is 1. The van der Waals surface area contributed by atoms with Crippen LogP contribution in [-0.4, -0.2) is 42.5 Å². The molecule has 1 aliphatic heterocycles. The first-order valence-electron chi connectivity index (χ1n) is 8.42. The second-order valence-corrected chi connectivity index (χ2v) is 6.04. The van der Waals surface area contributed by atoms with Gasteiger partial charge in [0.25, 0.3) is 11.6 Å². The molecule has 0 aliphatic carbocycles. The zero-order valence-corrected chi connectivity index (χ0v) is 14.5. The SMILES string of the molecule is COc1ccc(-c2cc([N+](=O)[O-])ccc2OCC(=O)N2CCCC2)cc1. The van der Waals surface area contributed by atoms with Crippen LogP contribution in [0.5, 0.6) is 11.5 Å². The number of nitrogens with zero attached hydrogens (tertiary/aromatic N) is 2. The third kappa shape index (κ3) is 3.93. The molecule has 2 aromatic rings. The van der Waals surface area contributed by atoms with Crippen LogP contribution in [0.3, 0.4) is 0 Å². The number of hydrogen-bond donors (Lipinski definition) is 0. The van der Waals surface area contributed by atoms with E-state index in [9.17, 15) is 14.9 Å². The molecule has 1 amide bonds. The number of nitro groups is 1. The molecule has 1 aliphatic rings. The average Bonchev–Trinajstić information content (AvgIpc) is 3.21. The molecule has 1 heterocycles. The molecule has 0 aromatic heterocycles. The Labute approximate surface area is 151 Å². The summed E-state index contributed by atoms with van der Waals surface area (Å²) < 4.78 is 10.9. The number of benzene rings is 2. The molecule has 26 heavy (non-hydrogen) atoms. The Morgan fingerprint density at radius 2 is 1.85 bits per heavy atom. The first-order valence-corrected chi connectivity index (χ1v) is 8.42. The van der Waals surface area contributed by atoms with Crippen molar-refractivity contribution in [2.45, 2.75) is 12.8 Å². The van der Waals surface area contributed by atoms with Gasteiger partial charge < -0.3 is 14.4 Å². The van der Waals surface area contributed by atoms with Gasteiger partial charge in [-0.1, -0.05) is 12.1 Å².